The van der Waals surface area contributed by atoms with Gasteiger partial charge in [0.05, 0.1) is 16.7 Å². The zero-order valence-corrected chi connectivity index (χ0v) is 15.8. The van der Waals surface area contributed by atoms with Crippen molar-refractivity contribution >= 4 is 11.8 Å². The summed E-state index contributed by atoms with van der Waals surface area (Å²) < 4.78 is 5.44. The van der Waals surface area contributed by atoms with E-state index in [0.717, 1.165) is 51.4 Å². The second-order valence-electron chi connectivity index (χ2n) is 8.32. The number of carbonyl (C=O) groups excluding carboxylic acids is 2. The maximum Gasteiger partial charge on any atom is 0.261 e. The fraction of sp³-hybridized carbons (Fsp3) is 0.524. The van der Waals surface area contributed by atoms with E-state index in [1.165, 1.54) is 11.3 Å². The first-order valence-corrected chi connectivity index (χ1v) is 10.2. The molecule has 7 nitrogen and oxygen atoms in total. The van der Waals surface area contributed by atoms with E-state index in [1.807, 2.05) is 0 Å². The summed E-state index contributed by atoms with van der Waals surface area (Å²) in [6.07, 6.45) is 8.91. The van der Waals surface area contributed by atoms with Gasteiger partial charge in [-0.3, -0.25) is 14.5 Å². The molecule has 0 atom stereocenters. The summed E-state index contributed by atoms with van der Waals surface area (Å²) in [5.74, 6) is 0.466. The fourth-order valence-electron chi connectivity index (χ4n) is 4.84. The lowest BCUT2D eigenvalue weighted by Crippen LogP contribution is -2.40. The average molecular weight is 380 g/mol. The molecule has 1 aromatic carbocycles. The van der Waals surface area contributed by atoms with Crippen LogP contribution in [-0.2, 0) is 5.54 Å². The SMILES string of the molecule is NC1(c2noc(-c3ccc4c(c3)C(=O)N(C3CCCCC3)C4=O)n2)CCCC1. The first-order valence-electron chi connectivity index (χ1n) is 10.2. The summed E-state index contributed by atoms with van der Waals surface area (Å²) in [5.41, 5.74) is 7.42. The standard InChI is InChI=1S/C21H24N4O3/c22-21(10-4-5-11-21)20-23-17(28-24-20)13-8-9-15-16(12-13)19(27)25(18(15)26)14-6-2-1-3-7-14/h8-9,12,14H,1-7,10-11,22H2. The lowest BCUT2D eigenvalue weighted by Gasteiger charge is -2.29. The normalized spacial score (nSPS) is 22.1. The Kier molecular flexibility index (Phi) is 4.08. The lowest BCUT2D eigenvalue weighted by molar-refractivity contribution is 0.0549. The number of nitrogens with zero attached hydrogens (tertiary/aromatic N) is 3. The van der Waals surface area contributed by atoms with Crippen LogP contribution in [-0.4, -0.2) is 32.9 Å². The van der Waals surface area contributed by atoms with Crippen LogP contribution in [0.5, 0.6) is 0 Å². The van der Waals surface area contributed by atoms with Gasteiger partial charge in [0.25, 0.3) is 17.7 Å². The van der Waals surface area contributed by atoms with Gasteiger partial charge in [0, 0.05) is 11.6 Å². The van der Waals surface area contributed by atoms with Gasteiger partial charge in [-0.15, -0.1) is 0 Å². The molecule has 28 heavy (non-hydrogen) atoms. The second kappa shape index (κ2) is 6.51. The molecule has 2 fully saturated rings. The van der Waals surface area contributed by atoms with Crippen LogP contribution in [0.1, 0.15) is 84.3 Å². The Morgan fingerprint density at radius 3 is 2.46 bits per heavy atom. The van der Waals surface area contributed by atoms with Crippen molar-refractivity contribution in [2.75, 3.05) is 0 Å². The fourth-order valence-corrected chi connectivity index (χ4v) is 4.84. The quantitative estimate of drug-likeness (QED) is 0.819. The maximum absolute atomic E-state index is 13.0. The molecule has 0 radical (unpaired) electrons. The summed E-state index contributed by atoms with van der Waals surface area (Å²) in [6, 6.07) is 5.18. The van der Waals surface area contributed by atoms with Crippen LogP contribution in [0.3, 0.4) is 0 Å². The number of benzene rings is 1. The Labute approximate surface area is 163 Å². The molecule has 5 rings (SSSR count). The van der Waals surface area contributed by atoms with E-state index >= 15 is 0 Å². The number of fused-ring (bicyclic) bond motifs is 1. The van der Waals surface area contributed by atoms with Gasteiger partial charge in [-0.05, 0) is 43.9 Å². The first-order chi connectivity index (χ1) is 13.6. The predicted molar refractivity (Wildman–Crippen MR) is 101 cm³/mol. The number of hydrogen-bond donors (Lipinski definition) is 1. The van der Waals surface area contributed by atoms with Crippen molar-refractivity contribution < 1.29 is 14.1 Å². The summed E-state index contributed by atoms with van der Waals surface area (Å²) in [7, 11) is 0. The number of aromatic nitrogens is 2. The number of imide groups is 1. The van der Waals surface area contributed by atoms with Crippen LogP contribution < -0.4 is 5.73 Å². The molecular weight excluding hydrogens is 356 g/mol. The van der Waals surface area contributed by atoms with E-state index in [1.54, 1.807) is 18.2 Å². The highest BCUT2D eigenvalue weighted by Crippen LogP contribution is 2.36. The van der Waals surface area contributed by atoms with Crippen LogP contribution in [0.25, 0.3) is 11.5 Å². The molecule has 0 saturated heterocycles. The van der Waals surface area contributed by atoms with E-state index in [0.29, 0.717) is 28.4 Å². The van der Waals surface area contributed by atoms with E-state index < -0.39 is 5.54 Å². The maximum atomic E-state index is 13.0. The Balaban J connectivity index is 1.45. The molecule has 2 aromatic rings. The minimum absolute atomic E-state index is 0.0130. The van der Waals surface area contributed by atoms with Crippen molar-refractivity contribution in [2.24, 2.45) is 5.73 Å². The van der Waals surface area contributed by atoms with Gasteiger partial charge in [-0.1, -0.05) is 37.3 Å². The number of nitrogens with two attached hydrogens (primary N) is 1. The van der Waals surface area contributed by atoms with Gasteiger partial charge < -0.3 is 10.3 Å². The van der Waals surface area contributed by atoms with Crippen LogP contribution in [0.4, 0.5) is 0 Å². The molecule has 1 aliphatic heterocycles. The van der Waals surface area contributed by atoms with Gasteiger partial charge in [0.1, 0.15) is 0 Å². The Morgan fingerprint density at radius 2 is 1.71 bits per heavy atom. The average Bonchev–Trinajstić information content (AvgIpc) is 3.43. The topological polar surface area (TPSA) is 102 Å². The van der Waals surface area contributed by atoms with E-state index in [-0.39, 0.29) is 17.9 Å². The zero-order valence-electron chi connectivity index (χ0n) is 15.8. The van der Waals surface area contributed by atoms with Crippen LogP contribution in [0.15, 0.2) is 22.7 Å². The molecule has 7 heteroatoms. The van der Waals surface area contributed by atoms with Crippen molar-refractivity contribution in [1.82, 2.24) is 15.0 Å². The van der Waals surface area contributed by atoms with Gasteiger partial charge in [-0.2, -0.15) is 4.98 Å². The molecule has 0 bridgehead atoms. The third-order valence-corrected chi connectivity index (χ3v) is 6.47. The van der Waals surface area contributed by atoms with Gasteiger partial charge in [0.2, 0.25) is 0 Å². The molecule has 1 aromatic heterocycles. The monoisotopic (exact) mass is 380 g/mol. The number of amides is 2. The predicted octanol–water partition coefficient (Wildman–Crippen LogP) is 3.39. The molecule has 0 spiro atoms. The van der Waals surface area contributed by atoms with Crippen molar-refractivity contribution in [1.29, 1.82) is 0 Å². The summed E-state index contributed by atoms with van der Waals surface area (Å²) in [6.45, 7) is 0. The highest BCUT2D eigenvalue weighted by atomic mass is 16.5. The van der Waals surface area contributed by atoms with Crippen molar-refractivity contribution in [2.45, 2.75) is 69.4 Å². The third kappa shape index (κ3) is 2.68. The summed E-state index contributed by atoms with van der Waals surface area (Å²) >= 11 is 0. The lowest BCUT2D eigenvalue weighted by atomic mass is 9.94. The Morgan fingerprint density at radius 1 is 1.00 bits per heavy atom. The highest BCUT2D eigenvalue weighted by molar-refractivity contribution is 6.22. The summed E-state index contributed by atoms with van der Waals surface area (Å²) in [4.78, 5) is 31.7. The summed E-state index contributed by atoms with van der Waals surface area (Å²) in [5, 5.41) is 4.09. The smallest absolute Gasteiger partial charge is 0.261 e. The van der Waals surface area contributed by atoms with E-state index in [2.05, 4.69) is 10.1 Å². The molecule has 2 heterocycles. The van der Waals surface area contributed by atoms with E-state index in [4.69, 9.17) is 10.3 Å². The van der Waals surface area contributed by atoms with Crippen molar-refractivity contribution in [3.8, 4) is 11.5 Å². The second-order valence-corrected chi connectivity index (χ2v) is 8.32. The molecule has 3 aliphatic rings. The number of rotatable bonds is 3. The van der Waals surface area contributed by atoms with Crippen molar-refractivity contribution in [3.63, 3.8) is 0 Å². The van der Waals surface area contributed by atoms with Crippen LogP contribution >= 0.6 is 0 Å². The van der Waals surface area contributed by atoms with Crippen LogP contribution in [0, 0.1) is 0 Å². The van der Waals surface area contributed by atoms with Crippen molar-refractivity contribution in [3.05, 3.63) is 35.2 Å². The highest BCUT2D eigenvalue weighted by Gasteiger charge is 2.41. The molecular formula is C21H24N4O3. The minimum Gasteiger partial charge on any atom is -0.334 e. The molecule has 146 valence electrons. The molecule has 2 saturated carbocycles. The largest absolute Gasteiger partial charge is 0.334 e. The van der Waals surface area contributed by atoms with E-state index in [9.17, 15) is 9.59 Å². The number of carbonyl (C=O) groups is 2. The van der Waals surface area contributed by atoms with Gasteiger partial charge in [-0.25, -0.2) is 0 Å². The van der Waals surface area contributed by atoms with Gasteiger partial charge >= 0.3 is 0 Å². The Hall–Kier alpha value is -2.54. The molecule has 2 amide bonds. The van der Waals surface area contributed by atoms with Gasteiger partial charge in [0.15, 0.2) is 5.82 Å². The molecule has 0 unspecified atom stereocenters. The number of hydrogen-bond acceptors (Lipinski definition) is 6. The Bertz CT molecular complexity index is 939. The third-order valence-electron chi connectivity index (χ3n) is 6.47. The van der Waals surface area contributed by atoms with Crippen LogP contribution in [0.2, 0.25) is 0 Å². The minimum atomic E-state index is -0.526. The first kappa shape index (κ1) is 17.6. The molecule has 2 N–H and O–H groups in total. The zero-order chi connectivity index (χ0) is 19.3. The molecule has 2 aliphatic carbocycles.